The molecule has 0 aromatic heterocycles. The normalized spacial score (nSPS) is 9.65. The molecule has 0 saturated heterocycles. The molecule has 1 rings (SSSR count). The van der Waals surface area contributed by atoms with Gasteiger partial charge in [0.15, 0.2) is 5.78 Å². The monoisotopic (exact) mass is 276 g/mol. The molecule has 0 saturated carbocycles. The van der Waals surface area contributed by atoms with Crippen LogP contribution >= 0.6 is 0 Å². The van der Waals surface area contributed by atoms with Crippen LogP contribution in [-0.4, -0.2) is 40.9 Å². The van der Waals surface area contributed by atoms with Gasteiger partial charge in [0.25, 0.3) is 0 Å². The number of carboxylic acid groups (broad SMARTS) is 1. The average Bonchev–Trinajstić information content (AvgIpc) is 2.38. The molecule has 0 spiro atoms. The van der Waals surface area contributed by atoms with E-state index < -0.39 is 18.5 Å². The van der Waals surface area contributed by atoms with Crippen LogP contribution in [0, 0.1) is 0 Å². The number of ketones is 1. The number of carbonyl (C=O) groups excluding carboxylic acids is 2. The molecule has 1 aromatic rings. The molecule has 0 aliphatic heterocycles. The Morgan fingerprint density at radius 1 is 1.40 bits per heavy atom. The highest BCUT2D eigenvalue weighted by molar-refractivity contribution is 5.97. The van der Waals surface area contributed by atoms with Gasteiger partial charge in [0.2, 0.25) is 0 Å². The summed E-state index contributed by atoms with van der Waals surface area (Å²) >= 11 is 0. The predicted octanol–water partition coefficient (Wildman–Crippen LogP) is 1.99. The van der Waals surface area contributed by atoms with Crippen LogP contribution in [0.3, 0.4) is 0 Å². The van der Waals surface area contributed by atoms with Gasteiger partial charge in [-0.15, -0.1) is 6.58 Å². The summed E-state index contributed by atoms with van der Waals surface area (Å²) in [5, 5.41) is 11.3. The lowest BCUT2D eigenvalue weighted by atomic mass is 10.1. The summed E-state index contributed by atoms with van der Waals surface area (Å²) in [6.45, 7) is 4.59. The van der Waals surface area contributed by atoms with E-state index in [9.17, 15) is 14.4 Å². The van der Waals surface area contributed by atoms with Gasteiger partial charge >= 0.3 is 12.0 Å². The largest absolute Gasteiger partial charge is 0.480 e. The maximum absolute atomic E-state index is 11.9. The number of hydrogen-bond acceptors (Lipinski definition) is 3. The van der Waals surface area contributed by atoms with Crippen LogP contribution in [0.4, 0.5) is 10.5 Å². The number of aliphatic carboxylic acids is 1. The van der Waals surface area contributed by atoms with Crippen molar-refractivity contribution in [1.82, 2.24) is 4.90 Å². The molecule has 6 heteroatoms. The average molecular weight is 276 g/mol. The van der Waals surface area contributed by atoms with Gasteiger partial charge in [-0.05, 0) is 19.1 Å². The molecule has 0 heterocycles. The minimum Gasteiger partial charge on any atom is -0.480 e. The first kappa shape index (κ1) is 15.4. The van der Waals surface area contributed by atoms with Crippen molar-refractivity contribution in [2.75, 3.05) is 18.4 Å². The van der Waals surface area contributed by atoms with Crippen molar-refractivity contribution in [2.45, 2.75) is 6.92 Å². The summed E-state index contributed by atoms with van der Waals surface area (Å²) in [4.78, 5) is 35.0. The maximum Gasteiger partial charge on any atom is 0.323 e. The molecule has 2 amide bonds. The van der Waals surface area contributed by atoms with Crippen molar-refractivity contribution in [3.05, 3.63) is 42.5 Å². The van der Waals surface area contributed by atoms with Gasteiger partial charge < -0.3 is 15.3 Å². The molecule has 0 atom stereocenters. The minimum absolute atomic E-state index is 0.116. The van der Waals surface area contributed by atoms with Gasteiger partial charge in [-0.3, -0.25) is 9.59 Å². The van der Waals surface area contributed by atoms with Crippen molar-refractivity contribution < 1.29 is 19.5 Å². The molecule has 0 bridgehead atoms. The van der Waals surface area contributed by atoms with Crippen LogP contribution < -0.4 is 5.32 Å². The predicted molar refractivity (Wildman–Crippen MR) is 74.9 cm³/mol. The molecule has 6 nitrogen and oxygen atoms in total. The molecule has 2 N–H and O–H groups in total. The summed E-state index contributed by atoms with van der Waals surface area (Å²) in [5.74, 6) is -1.23. The van der Waals surface area contributed by atoms with Gasteiger partial charge in [0.05, 0.1) is 0 Å². The summed E-state index contributed by atoms with van der Waals surface area (Å²) in [6, 6.07) is 5.87. The fourth-order valence-electron chi connectivity index (χ4n) is 1.56. The summed E-state index contributed by atoms with van der Waals surface area (Å²) < 4.78 is 0. The lowest BCUT2D eigenvalue weighted by Gasteiger charge is -2.19. The zero-order chi connectivity index (χ0) is 15.1. The third kappa shape index (κ3) is 4.56. The number of rotatable bonds is 6. The Morgan fingerprint density at radius 2 is 2.10 bits per heavy atom. The molecule has 1 aromatic carbocycles. The SMILES string of the molecule is C=CCN(CC(=O)O)C(=O)Nc1cccc(C(C)=O)c1. The topological polar surface area (TPSA) is 86.7 Å². The summed E-state index contributed by atoms with van der Waals surface area (Å²) in [6.07, 6.45) is 1.44. The second-order valence-corrected chi connectivity index (χ2v) is 4.13. The zero-order valence-electron chi connectivity index (χ0n) is 11.1. The smallest absolute Gasteiger partial charge is 0.323 e. The van der Waals surface area contributed by atoms with E-state index >= 15 is 0 Å². The lowest BCUT2D eigenvalue weighted by Crippen LogP contribution is -2.38. The minimum atomic E-state index is -1.11. The maximum atomic E-state index is 11.9. The first-order valence-electron chi connectivity index (χ1n) is 5.93. The molecular formula is C14H16N2O4. The Hall–Kier alpha value is -2.63. The van der Waals surface area contributed by atoms with Gasteiger partial charge in [0.1, 0.15) is 6.54 Å². The van der Waals surface area contributed by atoms with Gasteiger partial charge in [-0.1, -0.05) is 18.2 Å². The third-order valence-electron chi connectivity index (χ3n) is 2.48. The molecule has 0 aliphatic rings. The number of amides is 2. The molecule has 20 heavy (non-hydrogen) atoms. The molecule has 0 fully saturated rings. The van der Waals surface area contributed by atoms with E-state index in [4.69, 9.17) is 5.11 Å². The van der Waals surface area contributed by atoms with Crippen LogP contribution in [0.5, 0.6) is 0 Å². The Balaban J connectivity index is 2.81. The number of carbonyl (C=O) groups is 3. The fourth-order valence-corrected chi connectivity index (χ4v) is 1.56. The Morgan fingerprint density at radius 3 is 2.65 bits per heavy atom. The van der Waals surface area contributed by atoms with Crippen LogP contribution in [0.2, 0.25) is 0 Å². The number of anilines is 1. The van der Waals surface area contributed by atoms with Gasteiger partial charge in [-0.25, -0.2) is 4.79 Å². The highest BCUT2D eigenvalue weighted by Crippen LogP contribution is 2.12. The highest BCUT2D eigenvalue weighted by atomic mass is 16.4. The zero-order valence-corrected chi connectivity index (χ0v) is 11.1. The van der Waals surface area contributed by atoms with E-state index in [-0.39, 0.29) is 12.3 Å². The number of hydrogen-bond donors (Lipinski definition) is 2. The number of Topliss-reactive ketones (excluding diaryl/α,β-unsaturated/α-hetero) is 1. The van der Waals surface area contributed by atoms with Gasteiger partial charge in [-0.2, -0.15) is 0 Å². The standard InChI is InChI=1S/C14H16N2O4/c1-3-7-16(9-13(18)19)14(20)15-12-6-4-5-11(8-12)10(2)17/h3-6,8H,1,7,9H2,2H3,(H,15,20)(H,18,19). The van der Waals surface area contributed by atoms with Gasteiger partial charge in [0, 0.05) is 17.8 Å². The number of carboxylic acids is 1. The molecule has 106 valence electrons. The first-order chi connectivity index (χ1) is 9.43. The number of urea groups is 1. The van der Waals surface area contributed by atoms with E-state index in [0.717, 1.165) is 4.90 Å². The summed E-state index contributed by atoms with van der Waals surface area (Å²) in [7, 11) is 0. The van der Waals surface area contributed by atoms with E-state index in [1.54, 1.807) is 18.2 Å². The quantitative estimate of drug-likeness (QED) is 0.614. The Labute approximate surface area is 116 Å². The number of nitrogens with zero attached hydrogens (tertiary/aromatic N) is 1. The molecule has 0 radical (unpaired) electrons. The Kier molecular flexibility index (Phi) is 5.46. The fraction of sp³-hybridized carbons (Fsp3) is 0.214. The van der Waals surface area contributed by atoms with Crippen molar-refractivity contribution >= 4 is 23.5 Å². The van der Waals surface area contributed by atoms with Crippen LogP contribution in [0.25, 0.3) is 0 Å². The summed E-state index contributed by atoms with van der Waals surface area (Å²) in [5.41, 5.74) is 0.901. The van der Waals surface area contributed by atoms with Crippen LogP contribution in [0.15, 0.2) is 36.9 Å². The molecule has 0 aliphatic carbocycles. The van der Waals surface area contributed by atoms with E-state index in [1.807, 2.05) is 0 Å². The second kappa shape index (κ2) is 7.08. The second-order valence-electron chi connectivity index (χ2n) is 4.13. The highest BCUT2D eigenvalue weighted by Gasteiger charge is 2.15. The molecule has 0 unspecified atom stereocenters. The van der Waals surface area contributed by atoms with Crippen molar-refractivity contribution in [1.29, 1.82) is 0 Å². The number of nitrogens with one attached hydrogen (secondary N) is 1. The lowest BCUT2D eigenvalue weighted by molar-refractivity contribution is -0.137. The van der Waals surface area contributed by atoms with Crippen LogP contribution in [0.1, 0.15) is 17.3 Å². The van der Waals surface area contributed by atoms with Crippen LogP contribution in [-0.2, 0) is 4.79 Å². The van der Waals surface area contributed by atoms with Crippen molar-refractivity contribution in [3.63, 3.8) is 0 Å². The van der Waals surface area contributed by atoms with Crippen molar-refractivity contribution in [3.8, 4) is 0 Å². The molecular weight excluding hydrogens is 260 g/mol. The van der Waals surface area contributed by atoms with E-state index in [0.29, 0.717) is 11.3 Å². The first-order valence-corrected chi connectivity index (χ1v) is 5.93. The van der Waals surface area contributed by atoms with E-state index in [1.165, 1.54) is 19.1 Å². The third-order valence-corrected chi connectivity index (χ3v) is 2.48. The van der Waals surface area contributed by atoms with Crippen molar-refractivity contribution in [2.24, 2.45) is 0 Å². The van der Waals surface area contributed by atoms with E-state index in [2.05, 4.69) is 11.9 Å². The Bertz CT molecular complexity index is 540. The number of benzene rings is 1.